The van der Waals surface area contributed by atoms with Crippen LogP contribution in [-0.4, -0.2) is 16.3 Å². The van der Waals surface area contributed by atoms with Gasteiger partial charge in [0.05, 0.1) is 15.9 Å². The quantitative estimate of drug-likeness (QED) is 0.946. The van der Waals surface area contributed by atoms with Crippen LogP contribution in [0.5, 0.6) is 0 Å². The fourth-order valence-electron chi connectivity index (χ4n) is 1.81. The van der Waals surface area contributed by atoms with E-state index in [1.165, 1.54) is 6.07 Å². The van der Waals surface area contributed by atoms with Crippen molar-refractivity contribution < 1.29 is 8.78 Å². The lowest BCUT2D eigenvalue weighted by atomic mass is 10.1. The molecular formula is C12H12BrF2N3. The zero-order valence-electron chi connectivity index (χ0n) is 9.75. The first kappa shape index (κ1) is 13.2. The molecule has 0 fully saturated rings. The summed E-state index contributed by atoms with van der Waals surface area (Å²) in [6, 6.07) is 3.78. The van der Waals surface area contributed by atoms with Crippen molar-refractivity contribution in [3.8, 4) is 11.3 Å². The number of rotatable bonds is 3. The van der Waals surface area contributed by atoms with Crippen molar-refractivity contribution in [3.05, 3.63) is 40.0 Å². The minimum Gasteiger partial charge on any atom is -0.330 e. The molecule has 0 unspecified atom stereocenters. The molecule has 3 nitrogen and oxygen atoms in total. The van der Waals surface area contributed by atoms with Gasteiger partial charge in [0.15, 0.2) is 11.6 Å². The van der Waals surface area contributed by atoms with Gasteiger partial charge in [-0.3, -0.25) is 4.68 Å². The largest absolute Gasteiger partial charge is 0.330 e. The molecular weight excluding hydrogens is 304 g/mol. The molecule has 2 aromatic rings. The van der Waals surface area contributed by atoms with Crippen LogP contribution >= 0.6 is 15.9 Å². The molecule has 2 N–H and O–H groups in total. The second kappa shape index (κ2) is 5.16. The summed E-state index contributed by atoms with van der Waals surface area (Å²) in [6.07, 6.45) is 0.623. The first-order chi connectivity index (χ1) is 8.54. The van der Waals surface area contributed by atoms with Crippen LogP contribution in [-0.2, 0) is 13.5 Å². The summed E-state index contributed by atoms with van der Waals surface area (Å²) in [5.41, 5.74) is 7.57. The molecule has 0 saturated carbocycles. The SMILES string of the molecule is Cn1nc(CCN)c(Br)c1-c1ccc(F)c(F)c1. The van der Waals surface area contributed by atoms with Crippen LogP contribution in [0.25, 0.3) is 11.3 Å². The summed E-state index contributed by atoms with van der Waals surface area (Å²) in [5, 5.41) is 4.30. The van der Waals surface area contributed by atoms with E-state index in [-0.39, 0.29) is 0 Å². The third-order valence-electron chi connectivity index (χ3n) is 2.63. The van der Waals surface area contributed by atoms with Crippen LogP contribution in [0.4, 0.5) is 8.78 Å². The molecule has 1 heterocycles. The van der Waals surface area contributed by atoms with E-state index in [9.17, 15) is 8.78 Å². The number of aromatic nitrogens is 2. The van der Waals surface area contributed by atoms with Gasteiger partial charge in [-0.25, -0.2) is 8.78 Å². The molecule has 0 radical (unpaired) electrons. The fraction of sp³-hybridized carbons (Fsp3) is 0.250. The third-order valence-corrected chi connectivity index (χ3v) is 3.46. The van der Waals surface area contributed by atoms with Gasteiger partial charge in [0.25, 0.3) is 0 Å². The Balaban J connectivity index is 2.53. The molecule has 0 atom stereocenters. The van der Waals surface area contributed by atoms with E-state index in [0.29, 0.717) is 24.2 Å². The Morgan fingerprint density at radius 3 is 2.67 bits per heavy atom. The van der Waals surface area contributed by atoms with Gasteiger partial charge in [-0.05, 0) is 40.7 Å². The average molecular weight is 316 g/mol. The Bertz CT molecular complexity index is 581. The number of nitrogens with zero attached hydrogens (tertiary/aromatic N) is 2. The maximum absolute atomic E-state index is 13.2. The van der Waals surface area contributed by atoms with Gasteiger partial charge in [0.2, 0.25) is 0 Å². The van der Waals surface area contributed by atoms with Crippen molar-refractivity contribution in [2.45, 2.75) is 6.42 Å². The van der Waals surface area contributed by atoms with Crippen LogP contribution in [0.3, 0.4) is 0 Å². The highest BCUT2D eigenvalue weighted by Crippen LogP contribution is 2.31. The first-order valence-corrected chi connectivity index (χ1v) is 6.20. The number of hydrogen-bond donors (Lipinski definition) is 1. The summed E-state index contributed by atoms with van der Waals surface area (Å²) < 4.78 is 28.6. The van der Waals surface area contributed by atoms with Gasteiger partial charge in [0, 0.05) is 19.0 Å². The smallest absolute Gasteiger partial charge is 0.159 e. The average Bonchev–Trinajstić information content (AvgIpc) is 2.59. The van der Waals surface area contributed by atoms with Crippen molar-refractivity contribution >= 4 is 15.9 Å². The predicted octanol–water partition coefficient (Wildman–Crippen LogP) is 2.63. The maximum atomic E-state index is 13.2. The van der Waals surface area contributed by atoms with Gasteiger partial charge < -0.3 is 5.73 Å². The molecule has 18 heavy (non-hydrogen) atoms. The first-order valence-electron chi connectivity index (χ1n) is 5.41. The minimum atomic E-state index is -0.874. The Hall–Kier alpha value is -1.27. The second-order valence-corrected chi connectivity index (χ2v) is 4.69. The van der Waals surface area contributed by atoms with Crippen LogP contribution in [0.1, 0.15) is 5.69 Å². The Morgan fingerprint density at radius 2 is 2.06 bits per heavy atom. The number of halogens is 3. The predicted molar refractivity (Wildman–Crippen MR) is 69.0 cm³/mol. The molecule has 0 aliphatic carbocycles. The Morgan fingerprint density at radius 1 is 1.33 bits per heavy atom. The van der Waals surface area contributed by atoms with Gasteiger partial charge in [-0.2, -0.15) is 5.10 Å². The summed E-state index contributed by atoms with van der Waals surface area (Å²) in [7, 11) is 1.75. The van der Waals surface area contributed by atoms with Gasteiger partial charge in [-0.1, -0.05) is 0 Å². The van der Waals surface area contributed by atoms with Gasteiger partial charge in [0.1, 0.15) is 0 Å². The van der Waals surface area contributed by atoms with E-state index in [2.05, 4.69) is 21.0 Å². The lowest BCUT2D eigenvalue weighted by Crippen LogP contribution is -2.04. The highest BCUT2D eigenvalue weighted by Gasteiger charge is 2.16. The summed E-state index contributed by atoms with van der Waals surface area (Å²) in [5.74, 6) is -1.74. The Labute approximate surface area is 112 Å². The van der Waals surface area contributed by atoms with Crippen LogP contribution in [0.15, 0.2) is 22.7 Å². The molecule has 2 rings (SSSR count). The van der Waals surface area contributed by atoms with Crippen molar-refractivity contribution in [2.24, 2.45) is 12.8 Å². The zero-order valence-corrected chi connectivity index (χ0v) is 11.3. The molecule has 1 aromatic carbocycles. The molecule has 96 valence electrons. The summed E-state index contributed by atoms with van der Waals surface area (Å²) >= 11 is 3.43. The van der Waals surface area contributed by atoms with Crippen LogP contribution < -0.4 is 5.73 Å². The highest BCUT2D eigenvalue weighted by atomic mass is 79.9. The lowest BCUT2D eigenvalue weighted by molar-refractivity contribution is 0.509. The van der Waals surface area contributed by atoms with E-state index in [1.54, 1.807) is 11.7 Å². The van der Waals surface area contributed by atoms with E-state index in [4.69, 9.17) is 5.73 Å². The molecule has 0 bridgehead atoms. The van der Waals surface area contributed by atoms with E-state index >= 15 is 0 Å². The fourth-order valence-corrected chi connectivity index (χ4v) is 2.57. The number of nitrogens with two attached hydrogens (primary N) is 1. The summed E-state index contributed by atoms with van der Waals surface area (Å²) in [6.45, 7) is 0.479. The highest BCUT2D eigenvalue weighted by molar-refractivity contribution is 9.10. The number of aryl methyl sites for hydroxylation is 1. The number of hydrogen-bond acceptors (Lipinski definition) is 2. The molecule has 0 spiro atoms. The molecule has 1 aromatic heterocycles. The molecule has 0 saturated heterocycles. The van der Waals surface area contributed by atoms with Crippen LogP contribution in [0.2, 0.25) is 0 Å². The molecule has 0 aliphatic rings. The molecule has 6 heteroatoms. The van der Waals surface area contributed by atoms with Gasteiger partial charge in [-0.15, -0.1) is 0 Å². The number of benzene rings is 1. The standard InChI is InChI=1S/C12H12BrF2N3/c1-18-12(11(13)10(17-18)4-5-16)7-2-3-8(14)9(15)6-7/h2-3,6H,4-5,16H2,1H3. The zero-order chi connectivity index (χ0) is 13.3. The third kappa shape index (κ3) is 2.30. The lowest BCUT2D eigenvalue weighted by Gasteiger charge is -2.03. The van der Waals surface area contributed by atoms with Crippen molar-refractivity contribution in [1.82, 2.24) is 9.78 Å². The van der Waals surface area contributed by atoms with Crippen molar-refractivity contribution in [2.75, 3.05) is 6.54 Å². The molecule has 0 amide bonds. The van der Waals surface area contributed by atoms with Gasteiger partial charge >= 0.3 is 0 Å². The monoisotopic (exact) mass is 315 g/mol. The maximum Gasteiger partial charge on any atom is 0.159 e. The van der Waals surface area contributed by atoms with E-state index < -0.39 is 11.6 Å². The summed E-state index contributed by atoms with van der Waals surface area (Å²) in [4.78, 5) is 0. The van der Waals surface area contributed by atoms with Crippen molar-refractivity contribution in [1.29, 1.82) is 0 Å². The van der Waals surface area contributed by atoms with Crippen molar-refractivity contribution in [3.63, 3.8) is 0 Å². The second-order valence-electron chi connectivity index (χ2n) is 3.90. The van der Waals surface area contributed by atoms with Crippen LogP contribution in [0, 0.1) is 11.6 Å². The van der Waals surface area contributed by atoms with E-state index in [0.717, 1.165) is 22.3 Å². The topological polar surface area (TPSA) is 43.8 Å². The minimum absolute atomic E-state index is 0.479. The normalized spacial score (nSPS) is 10.9. The Kier molecular flexibility index (Phi) is 3.77. The van der Waals surface area contributed by atoms with E-state index in [1.807, 2.05) is 0 Å². The molecule has 0 aliphatic heterocycles.